The molecule has 0 amide bonds. The maximum absolute atomic E-state index is 9.75. The molecule has 0 aromatic rings. The minimum absolute atomic E-state index is 0.611. The van der Waals surface area contributed by atoms with Crippen molar-refractivity contribution < 1.29 is 14.1 Å². The van der Waals surface area contributed by atoms with Crippen LogP contribution in [0, 0.1) is 0 Å². The Kier molecular flexibility index (Phi) is 9.45. The van der Waals surface area contributed by atoms with Gasteiger partial charge in [-0.15, -0.1) is 0 Å². The second kappa shape index (κ2) is 7.35. The second-order valence-corrected chi connectivity index (χ2v) is 5.50. The van der Waals surface area contributed by atoms with E-state index in [4.69, 9.17) is 34.8 Å². The Morgan fingerprint density at radius 1 is 1.42 bits per heavy atom. The van der Waals surface area contributed by atoms with Crippen LogP contribution in [0.25, 0.3) is 0 Å². The fourth-order valence-electron chi connectivity index (χ4n) is 0.0910. The monoisotopic (exact) mass is 274 g/mol. The average molecular weight is 276 g/mol. The molecule has 8 heteroatoms. The molecule has 0 heterocycles. The summed E-state index contributed by atoms with van der Waals surface area (Å²) in [6.07, 6.45) is 3.28. The molecule has 0 unspecified atom stereocenters. The van der Waals surface area contributed by atoms with Gasteiger partial charge in [0.15, 0.2) is 0 Å². The molecule has 0 radical (unpaired) electrons. The van der Waals surface area contributed by atoms with E-state index in [2.05, 4.69) is 16.3 Å². The van der Waals surface area contributed by atoms with Crippen LogP contribution in [0.15, 0.2) is 0 Å². The van der Waals surface area contributed by atoms with Gasteiger partial charge in [-0.1, -0.05) is 11.2 Å². The molecule has 0 aromatic carbocycles. The van der Waals surface area contributed by atoms with Crippen molar-refractivity contribution in [1.82, 2.24) is 0 Å². The summed E-state index contributed by atoms with van der Waals surface area (Å²) in [5.41, 5.74) is -1.15. The molecule has 0 rings (SSSR count). The predicted octanol–water partition coefficient (Wildman–Crippen LogP) is 2.68. The van der Waals surface area contributed by atoms with Gasteiger partial charge in [-0.25, -0.2) is 4.79 Å². The highest BCUT2D eigenvalue weighted by Gasteiger charge is 2.23. The Morgan fingerprint density at radius 2 is 1.67 bits per heavy atom. The van der Waals surface area contributed by atoms with E-state index in [1.165, 1.54) is 0 Å². The van der Waals surface area contributed by atoms with E-state index in [-0.39, 0.29) is 0 Å². The SMILES string of the molecule is C[S+](C)[O-].O=C(Cl)OC(Cl)(Cl)Cl. The summed E-state index contributed by atoms with van der Waals surface area (Å²) in [6.45, 7) is 0. The van der Waals surface area contributed by atoms with E-state index < -0.39 is 20.6 Å². The minimum atomic E-state index is -2.04. The van der Waals surface area contributed by atoms with Crippen LogP contribution in [-0.2, 0) is 15.9 Å². The van der Waals surface area contributed by atoms with E-state index >= 15 is 0 Å². The lowest BCUT2D eigenvalue weighted by atomic mass is 11.4. The number of rotatable bonds is 0. The van der Waals surface area contributed by atoms with Gasteiger partial charge in [0.25, 0.3) is 0 Å². The Morgan fingerprint density at radius 3 is 1.67 bits per heavy atom. The molecule has 0 aliphatic rings. The number of carbonyl (C=O) groups is 1. The smallest absolute Gasteiger partial charge is 0.407 e. The van der Waals surface area contributed by atoms with Crippen molar-refractivity contribution in [3.8, 4) is 0 Å². The molecular formula is C4H6Cl4O3S. The summed E-state index contributed by atoms with van der Waals surface area (Å²) in [5.74, 6) is 0. The molecule has 0 N–H and O–H groups in total. The summed E-state index contributed by atoms with van der Waals surface area (Å²) in [6, 6.07) is 0. The average Bonchev–Trinajstić information content (AvgIpc) is 1.52. The van der Waals surface area contributed by atoms with Crippen LogP contribution in [0.2, 0.25) is 0 Å². The molecule has 0 spiro atoms. The standard InChI is InChI=1S/C2Cl4O2.C2H6OS/c3-1(7)8-2(4,5)6;1-4(2)3/h;1-2H3. The van der Waals surface area contributed by atoms with Gasteiger partial charge in [0.2, 0.25) is 0 Å². The highest BCUT2D eigenvalue weighted by molar-refractivity contribution is 7.89. The number of alkyl halides is 3. The number of hydrogen-bond donors (Lipinski definition) is 0. The van der Waals surface area contributed by atoms with Crippen molar-refractivity contribution in [3.05, 3.63) is 0 Å². The zero-order chi connectivity index (χ0) is 10.4. The molecule has 0 aliphatic heterocycles. The van der Waals surface area contributed by atoms with Gasteiger partial charge in [0, 0.05) is 11.6 Å². The maximum Gasteiger partial charge on any atom is 0.407 e. The van der Waals surface area contributed by atoms with E-state index in [9.17, 15) is 9.35 Å². The Bertz CT molecular complexity index is 132. The van der Waals surface area contributed by atoms with Crippen LogP contribution < -0.4 is 0 Å². The van der Waals surface area contributed by atoms with E-state index in [0.29, 0.717) is 0 Å². The highest BCUT2D eigenvalue weighted by Crippen LogP contribution is 2.27. The molecule has 3 nitrogen and oxygen atoms in total. The molecule has 74 valence electrons. The normalized spacial score (nSPS) is 10.3. The third-order valence-electron chi connectivity index (χ3n) is 0.196. The Labute approximate surface area is 93.4 Å². The molecule has 0 saturated carbocycles. The van der Waals surface area contributed by atoms with Crippen molar-refractivity contribution in [1.29, 1.82) is 0 Å². The number of hydrogen-bond acceptors (Lipinski definition) is 3. The fraction of sp³-hybridized carbons (Fsp3) is 0.750. The Hall–Kier alpha value is 0.940. The van der Waals surface area contributed by atoms with Crippen LogP contribution in [0.3, 0.4) is 0 Å². The van der Waals surface area contributed by atoms with E-state index in [1.54, 1.807) is 12.5 Å². The first-order valence-electron chi connectivity index (χ1n) is 2.35. The van der Waals surface area contributed by atoms with Crippen molar-refractivity contribution in [2.75, 3.05) is 12.5 Å². The lowest BCUT2D eigenvalue weighted by Gasteiger charge is -2.06. The molecule has 0 atom stereocenters. The van der Waals surface area contributed by atoms with Crippen LogP contribution in [0.5, 0.6) is 0 Å². The van der Waals surface area contributed by atoms with Gasteiger partial charge >= 0.3 is 9.41 Å². The molecule has 0 aliphatic carbocycles. The first-order chi connectivity index (χ1) is 5.15. The van der Waals surface area contributed by atoms with E-state index in [0.717, 1.165) is 0 Å². The maximum atomic E-state index is 9.75. The van der Waals surface area contributed by atoms with Gasteiger partial charge in [-0.3, -0.25) is 0 Å². The molecule has 0 aromatic heterocycles. The fourth-order valence-corrected chi connectivity index (χ4v) is 0.535. The molecule has 0 fully saturated rings. The summed E-state index contributed by atoms with van der Waals surface area (Å²) in [4.78, 5) is 9.75. The largest absolute Gasteiger partial charge is 0.617 e. The summed E-state index contributed by atoms with van der Waals surface area (Å²) in [7, 11) is 0. The van der Waals surface area contributed by atoms with Crippen molar-refractivity contribution in [2.24, 2.45) is 0 Å². The van der Waals surface area contributed by atoms with Gasteiger partial charge < -0.3 is 9.29 Å². The summed E-state index contributed by atoms with van der Waals surface area (Å²) < 4.78 is 11.4. The number of ether oxygens (including phenoxy) is 1. The van der Waals surface area contributed by atoms with Crippen molar-refractivity contribution >= 4 is 63.0 Å². The lowest BCUT2D eigenvalue weighted by Crippen LogP contribution is -2.09. The van der Waals surface area contributed by atoms with E-state index in [1.807, 2.05) is 0 Å². The zero-order valence-electron chi connectivity index (χ0n) is 6.14. The van der Waals surface area contributed by atoms with Gasteiger partial charge in [0.05, 0.1) is 12.5 Å². The van der Waals surface area contributed by atoms with Crippen LogP contribution in [0.4, 0.5) is 4.79 Å². The molecule has 12 heavy (non-hydrogen) atoms. The lowest BCUT2D eigenvalue weighted by molar-refractivity contribution is 0.172. The predicted molar refractivity (Wildman–Crippen MR) is 52.6 cm³/mol. The van der Waals surface area contributed by atoms with Gasteiger partial charge in [0.1, 0.15) is 0 Å². The first-order valence-corrected chi connectivity index (χ1v) is 5.83. The van der Waals surface area contributed by atoms with Crippen LogP contribution in [-0.4, -0.2) is 26.5 Å². The molecule has 0 saturated heterocycles. The topological polar surface area (TPSA) is 49.4 Å². The Balaban J connectivity index is 0. The van der Waals surface area contributed by atoms with Gasteiger partial charge in [-0.05, 0) is 34.8 Å². The minimum Gasteiger partial charge on any atom is -0.617 e. The van der Waals surface area contributed by atoms with Crippen LogP contribution in [0.1, 0.15) is 0 Å². The first kappa shape index (κ1) is 15.4. The third kappa shape index (κ3) is 30.6. The zero-order valence-corrected chi connectivity index (χ0v) is 9.99. The highest BCUT2D eigenvalue weighted by atomic mass is 35.6. The van der Waals surface area contributed by atoms with Crippen molar-refractivity contribution in [2.45, 2.75) is 3.98 Å². The summed E-state index contributed by atoms with van der Waals surface area (Å²) >= 11 is 18.8. The quantitative estimate of drug-likeness (QED) is 0.388. The summed E-state index contributed by atoms with van der Waals surface area (Å²) in [5, 5.41) is 0. The van der Waals surface area contributed by atoms with Crippen molar-refractivity contribution in [3.63, 3.8) is 0 Å². The van der Waals surface area contributed by atoms with Crippen LogP contribution >= 0.6 is 46.4 Å². The molecule has 0 bridgehead atoms. The number of carbonyl (C=O) groups excluding carboxylic acids is 1. The second-order valence-electron chi connectivity index (χ2n) is 1.53. The molecular weight excluding hydrogens is 270 g/mol. The third-order valence-corrected chi connectivity index (χ3v) is 0.505. The number of halogens is 4. The van der Waals surface area contributed by atoms with Gasteiger partial charge in [-0.2, -0.15) is 0 Å².